The predicted octanol–water partition coefficient (Wildman–Crippen LogP) is 2.93. The van der Waals surface area contributed by atoms with Crippen molar-refractivity contribution in [3.63, 3.8) is 0 Å². The summed E-state index contributed by atoms with van der Waals surface area (Å²) in [7, 11) is 0. The van der Waals surface area contributed by atoms with E-state index < -0.39 is 0 Å². The minimum atomic E-state index is 0.0383. The van der Waals surface area contributed by atoms with E-state index in [4.69, 9.17) is 5.73 Å². The van der Waals surface area contributed by atoms with Crippen molar-refractivity contribution >= 4 is 22.9 Å². The molecule has 1 atom stereocenters. The van der Waals surface area contributed by atoms with Gasteiger partial charge in [-0.15, -0.1) is 11.3 Å². The van der Waals surface area contributed by atoms with Crippen molar-refractivity contribution < 1.29 is 4.79 Å². The third-order valence-corrected chi connectivity index (χ3v) is 4.05. The third-order valence-electron chi connectivity index (χ3n) is 3.03. The number of benzene rings is 1. The van der Waals surface area contributed by atoms with E-state index in [1.165, 1.54) is 9.75 Å². The summed E-state index contributed by atoms with van der Waals surface area (Å²) >= 11 is 1.78. The molecule has 3 nitrogen and oxygen atoms in total. The molecule has 0 saturated heterocycles. The van der Waals surface area contributed by atoms with Gasteiger partial charge in [0.25, 0.3) is 0 Å². The zero-order chi connectivity index (χ0) is 14.5. The van der Waals surface area contributed by atoms with Gasteiger partial charge in [-0.3, -0.25) is 4.79 Å². The number of nitrogens with two attached hydrogens (primary N) is 1. The minimum absolute atomic E-state index is 0.0383. The van der Waals surface area contributed by atoms with Gasteiger partial charge in [-0.05, 0) is 43.7 Å². The van der Waals surface area contributed by atoms with Crippen molar-refractivity contribution in [2.24, 2.45) is 0 Å². The van der Waals surface area contributed by atoms with Gasteiger partial charge in [0.2, 0.25) is 5.91 Å². The quantitative estimate of drug-likeness (QED) is 0.831. The highest BCUT2D eigenvalue weighted by Crippen LogP contribution is 2.16. The van der Waals surface area contributed by atoms with Crippen LogP contribution in [0, 0.1) is 6.92 Å². The zero-order valence-electron chi connectivity index (χ0n) is 11.8. The Kier molecular flexibility index (Phi) is 4.79. The maximum Gasteiger partial charge on any atom is 0.224 e. The summed E-state index contributed by atoms with van der Waals surface area (Å²) in [6.07, 6.45) is 1.25. The number of nitrogens with one attached hydrogen (secondary N) is 1. The molecule has 0 radical (unpaired) electrons. The van der Waals surface area contributed by atoms with Gasteiger partial charge in [0, 0.05) is 27.9 Å². The third kappa shape index (κ3) is 4.38. The molecule has 0 aliphatic carbocycles. The average Bonchev–Trinajstić information content (AvgIpc) is 2.74. The molecule has 1 aromatic heterocycles. The fourth-order valence-corrected chi connectivity index (χ4v) is 3.18. The number of amides is 1. The Hall–Kier alpha value is -1.81. The first-order chi connectivity index (χ1) is 9.52. The van der Waals surface area contributed by atoms with E-state index in [2.05, 4.69) is 24.4 Å². The van der Waals surface area contributed by atoms with Crippen molar-refractivity contribution in [2.75, 3.05) is 5.73 Å². The van der Waals surface area contributed by atoms with Crippen LogP contribution in [0.1, 0.15) is 22.2 Å². The molecule has 1 unspecified atom stereocenters. The first-order valence-electron chi connectivity index (χ1n) is 6.72. The Bertz CT molecular complexity index is 592. The summed E-state index contributed by atoms with van der Waals surface area (Å²) in [5.41, 5.74) is 7.35. The number of hydrogen-bond acceptors (Lipinski definition) is 3. The van der Waals surface area contributed by atoms with Crippen molar-refractivity contribution in [1.29, 1.82) is 0 Å². The van der Waals surface area contributed by atoms with Crippen LogP contribution in [0.25, 0.3) is 0 Å². The average molecular weight is 288 g/mol. The largest absolute Gasteiger partial charge is 0.399 e. The van der Waals surface area contributed by atoms with E-state index in [1.54, 1.807) is 11.3 Å². The van der Waals surface area contributed by atoms with E-state index in [1.807, 2.05) is 31.2 Å². The van der Waals surface area contributed by atoms with Gasteiger partial charge >= 0.3 is 0 Å². The lowest BCUT2D eigenvalue weighted by Gasteiger charge is -2.13. The van der Waals surface area contributed by atoms with Crippen molar-refractivity contribution in [3.8, 4) is 0 Å². The molecule has 0 aliphatic heterocycles. The van der Waals surface area contributed by atoms with Crippen molar-refractivity contribution in [1.82, 2.24) is 5.32 Å². The van der Waals surface area contributed by atoms with Gasteiger partial charge < -0.3 is 11.1 Å². The van der Waals surface area contributed by atoms with Crippen LogP contribution in [0.3, 0.4) is 0 Å². The van der Waals surface area contributed by atoms with Gasteiger partial charge in [-0.25, -0.2) is 0 Å². The van der Waals surface area contributed by atoms with Gasteiger partial charge in [0.05, 0.1) is 6.42 Å². The SMILES string of the molecule is Cc1ccc(CC(C)NC(=O)Cc2cccc(N)c2)s1. The smallest absolute Gasteiger partial charge is 0.224 e. The number of carbonyl (C=O) groups excluding carboxylic acids is 1. The molecule has 20 heavy (non-hydrogen) atoms. The molecular formula is C16H20N2OS. The van der Waals surface area contributed by atoms with Crippen LogP contribution >= 0.6 is 11.3 Å². The molecule has 3 N–H and O–H groups in total. The van der Waals surface area contributed by atoms with Crippen LogP contribution in [0.15, 0.2) is 36.4 Å². The molecule has 2 rings (SSSR count). The Balaban J connectivity index is 1.84. The summed E-state index contributed by atoms with van der Waals surface area (Å²) in [5.74, 6) is 0.0383. The molecule has 1 amide bonds. The van der Waals surface area contributed by atoms with E-state index in [0.29, 0.717) is 12.1 Å². The summed E-state index contributed by atoms with van der Waals surface area (Å²) < 4.78 is 0. The molecule has 1 aromatic carbocycles. The second kappa shape index (κ2) is 6.57. The molecule has 0 fully saturated rings. The van der Waals surface area contributed by atoms with Crippen LogP contribution in [-0.4, -0.2) is 11.9 Å². The molecule has 1 heterocycles. The number of aryl methyl sites for hydroxylation is 1. The normalized spacial score (nSPS) is 12.1. The Labute approximate surface area is 123 Å². The molecule has 0 aliphatic rings. The summed E-state index contributed by atoms with van der Waals surface area (Å²) in [6, 6.07) is 11.8. The number of thiophene rings is 1. The number of hydrogen-bond donors (Lipinski definition) is 2. The molecule has 0 saturated carbocycles. The lowest BCUT2D eigenvalue weighted by Crippen LogP contribution is -2.34. The number of carbonyl (C=O) groups is 1. The van der Waals surface area contributed by atoms with E-state index >= 15 is 0 Å². The maximum absolute atomic E-state index is 12.0. The van der Waals surface area contributed by atoms with E-state index in [9.17, 15) is 4.79 Å². The van der Waals surface area contributed by atoms with Crippen LogP contribution < -0.4 is 11.1 Å². The highest BCUT2D eigenvalue weighted by atomic mass is 32.1. The second-order valence-electron chi connectivity index (χ2n) is 5.11. The fraction of sp³-hybridized carbons (Fsp3) is 0.312. The molecule has 106 valence electrons. The summed E-state index contributed by atoms with van der Waals surface area (Å²) in [4.78, 5) is 14.6. The highest BCUT2D eigenvalue weighted by Gasteiger charge is 2.10. The first-order valence-corrected chi connectivity index (χ1v) is 7.53. The molecule has 2 aromatic rings. The van der Waals surface area contributed by atoms with Gasteiger partial charge in [0.1, 0.15) is 0 Å². The van der Waals surface area contributed by atoms with Crippen LogP contribution in [-0.2, 0) is 17.6 Å². The van der Waals surface area contributed by atoms with E-state index in [-0.39, 0.29) is 11.9 Å². The fourth-order valence-electron chi connectivity index (χ4n) is 2.16. The molecule has 0 bridgehead atoms. The van der Waals surface area contributed by atoms with Gasteiger partial charge in [-0.2, -0.15) is 0 Å². The zero-order valence-corrected chi connectivity index (χ0v) is 12.7. The van der Waals surface area contributed by atoms with Crippen LogP contribution in [0.5, 0.6) is 0 Å². The monoisotopic (exact) mass is 288 g/mol. The van der Waals surface area contributed by atoms with Crippen LogP contribution in [0.2, 0.25) is 0 Å². The Morgan fingerprint density at radius 2 is 2.15 bits per heavy atom. The standard InChI is InChI=1S/C16H20N2OS/c1-11(8-15-7-6-12(2)20-15)18-16(19)10-13-4-3-5-14(17)9-13/h3-7,9,11H,8,10,17H2,1-2H3,(H,18,19). The number of anilines is 1. The lowest BCUT2D eigenvalue weighted by atomic mass is 10.1. The highest BCUT2D eigenvalue weighted by molar-refractivity contribution is 7.11. The summed E-state index contributed by atoms with van der Waals surface area (Å²) in [5, 5.41) is 3.03. The van der Waals surface area contributed by atoms with Gasteiger partial charge in [-0.1, -0.05) is 12.1 Å². The van der Waals surface area contributed by atoms with Crippen molar-refractivity contribution in [3.05, 3.63) is 51.7 Å². The Morgan fingerprint density at radius 1 is 1.35 bits per heavy atom. The minimum Gasteiger partial charge on any atom is -0.399 e. The molecule has 0 spiro atoms. The predicted molar refractivity (Wildman–Crippen MR) is 84.9 cm³/mol. The first kappa shape index (κ1) is 14.6. The number of nitrogen functional groups attached to an aromatic ring is 1. The van der Waals surface area contributed by atoms with Crippen molar-refractivity contribution in [2.45, 2.75) is 32.7 Å². The lowest BCUT2D eigenvalue weighted by molar-refractivity contribution is -0.121. The number of rotatable bonds is 5. The maximum atomic E-state index is 12.0. The molecular weight excluding hydrogens is 268 g/mol. The molecule has 4 heteroatoms. The van der Waals surface area contributed by atoms with Gasteiger partial charge in [0.15, 0.2) is 0 Å². The van der Waals surface area contributed by atoms with Crippen LogP contribution in [0.4, 0.5) is 5.69 Å². The topological polar surface area (TPSA) is 55.1 Å². The van der Waals surface area contributed by atoms with E-state index in [0.717, 1.165) is 12.0 Å². The Morgan fingerprint density at radius 3 is 2.80 bits per heavy atom. The second-order valence-corrected chi connectivity index (χ2v) is 6.48. The summed E-state index contributed by atoms with van der Waals surface area (Å²) in [6.45, 7) is 4.13.